The molecular formula is C19H27NO4. The summed E-state index contributed by atoms with van der Waals surface area (Å²) >= 11 is 0. The second-order valence-electron chi connectivity index (χ2n) is 6.81. The smallest absolute Gasteiger partial charge is 0.341 e. The fraction of sp³-hybridized carbons (Fsp3) is 0.579. The van der Waals surface area contributed by atoms with E-state index in [1.807, 2.05) is 26.1 Å². The van der Waals surface area contributed by atoms with E-state index in [0.717, 1.165) is 12.0 Å². The first kappa shape index (κ1) is 18.3. The molecule has 1 atom stereocenters. The Morgan fingerprint density at radius 3 is 2.46 bits per heavy atom. The van der Waals surface area contributed by atoms with Crippen molar-refractivity contribution in [2.45, 2.75) is 45.6 Å². The van der Waals surface area contributed by atoms with Crippen LogP contribution in [0.4, 0.5) is 0 Å². The van der Waals surface area contributed by atoms with Gasteiger partial charge in [0.2, 0.25) is 5.91 Å². The molecule has 5 nitrogen and oxygen atoms in total. The van der Waals surface area contributed by atoms with Crippen LogP contribution < -0.4 is 4.74 Å². The van der Waals surface area contributed by atoms with Gasteiger partial charge in [0.15, 0.2) is 6.61 Å². The van der Waals surface area contributed by atoms with Gasteiger partial charge in [0.05, 0.1) is 0 Å². The predicted molar refractivity (Wildman–Crippen MR) is 91.8 cm³/mol. The Hall–Kier alpha value is -2.04. The van der Waals surface area contributed by atoms with Crippen molar-refractivity contribution < 1.29 is 19.4 Å². The Morgan fingerprint density at radius 1 is 1.25 bits per heavy atom. The Bertz CT molecular complexity index is 549. The molecule has 1 aliphatic rings. The number of hydrogen-bond donors (Lipinski definition) is 1. The van der Waals surface area contributed by atoms with E-state index in [2.05, 4.69) is 0 Å². The number of carboxylic acid groups (broad SMARTS) is 1. The molecule has 0 aromatic heterocycles. The maximum Gasteiger partial charge on any atom is 0.341 e. The highest BCUT2D eigenvalue weighted by atomic mass is 16.5. The van der Waals surface area contributed by atoms with Crippen LogP contribution in [-0.4, -0.2) is 35.5 Å². The quantitative estimate of drug-likeness (QED) is 0.792. The molecule has 0 spiro atoms. The minimum Gasteiger partial charge on any atom is -0.482 e. The molecule has 1 saturated carbocycles. The molecule has 0 radical (unpaired) electrons. The number of rotatable bonds is 8. The van der Waals surface area contributed by atoms with E-state index in [9.17, 15) is 9.59 Å². The van der Waals surface area contributed by atoms with Gasteiger partial charge < -0.3 is 14.7 Å². The summed E-state index contributed by atoms with van der Waals surface area (Å²) in [6.07, 6.45) is 6.12. The van der Waals surface area contributed by atoms with E-state index in [1.165, 1.54) is 25.7 Å². The van der Waals surface area contributed by atoms with Crippen LogP contribution in [0.15, 0.2) is 24.3 Å². The maximum absolute atomic E-state index is 12.5. The van der Waals surface area contributed by atoms with Crippen molar-refractivity contribution in [3.8, 4) is 5.75 Å². The van der Waals surface area contributed by atoms with Crippen LogP contribution in [0, 0.1) is 11.8 Å². The normalized spacial score (nSPS) is 15.9. The summed E-state index contributed by atoms with van der Waals surface area (Å²) in [5, 5.41) is 8.59. The van der Waals surface area contributed by atoms with Crippen LogP contribution in [0.25, 0.3) is 0 Å². The van der Waals surface area contributed by atoms with Gasteiger partial charge in [-0.15, -0.1) is 0 Å². The summed E-state index contributed by atoms with van der Waals surface area (Å²) < 4.78 is 5.11. The Labute approximate surface area is 143 Å². The minimum atomic E-state index is -0.999. The fourth-order valence-corrected chi connectivity index (χ4v) is 3.41. The van der Waals surface area contributed by atoms with Crippen LogP contribution in [0.1, 0.15) is 44.6 Å². The van der Waals surface area contributed by atoms with E-state index in [-0.39, 0.29) is 18.4 Å². The first-order valence-electron chi connectivity index (χ1n) is 8.64. The predicted octanol–water partition coefficient (Wildman–Crippen LogP) is 3.32. The maximum atomic E-state index is 12.5. The van der Waals surface area contributed by atoms with Crippen LogP contribution in [0.3, 0.4) is 0 Å². The average molecular weight is 333 g/mol. The molecule has 0 bridgehead atoms. The number of benzene rings is 1. The summed E-state index contributed by atoms with van der Waals surface area (Å²) in [5.41, 5.74) is 1.00. The lowest BCUT2D eigenvalue weighted by Crippen LogP contribution is -2.32. The zero-order valence-electron chi connectivity index (χ0n) is 14.5. The standard InChI is InChI=1S/C19H27NO4/c1-14(11-15-5-3-4-6-15)19(23)20(2)12-16-7-9-17(10-8-16)24-13-18(21)22/h7-10,14-15H,3-6,11-13H2,1-2H3,(H,21,22). The van der Waals surface area contributed by atoms with Gasteiger partial charge >= 0.3 is 5.97 Å². The molecule has 0 heterocycles. The molecular weight excluding hydrogens is 306 g/mol. The van der Waals surface area contributed by atoms with Gasteiger partial charge in [0.25, 0.3) is 0 Å². The highest BCUT2D eigenvalue weighted by Gasteiger charge is 2.23. The first-order valence-corrected chi connectivity index (χ1v) is 8.64. The summed E-state index contributed by atoms with van der Waals surface area (Å²) in [6, 6.07) is 7.20. The highest BCUT2D eigenvalue weighted by Crippen LogP contribution is 2.30. The zero-order valence-corrected chi connectivity index (χ0v) is 14.5. The zero-order chi connectivity index (χ0) is 17.5. The SMILES string of the molecule is CC(CC1CCCC1)C(=O)N(C)Cc1ccc(OCC(=O)O)cc1. The van der Waals surface area contributed by atoms with Gasteiger partial charge in [-0.25, -0.2) is 4.79 Å². The molecule has 1 amide bonds. The van der Waals surface area contributed by atoms with Crippen molar-refractivity contribution in [3.63, 3.8) is 0 Å². The average Bonchev–Trinajstić information content (AvgIpc) is 3.06. The highest BCUT2D eigenvalue weighted by molar-refractivity contribution is 5.78. The number of aliphatic carboxylic acids is 1. The van der Waals surface area contributed by atoms with Crippen LogP contribution in [-0.2, 0) is 16.1 Å². The first-order chi connectivity index (χ1) is 11.5. The summed E-state index contributed by atoms with van der Waals surface area (Å²) in [5.74, 6) is 0.484. The number of carbonyl (C=O) groups is 2. The Morgan fingerprint density at radius 2 is 1.88 bits per heavy atom. The summed E-state index contributed by atoms with van der Waals surface area (Å²) in [4.78, 5) is 24.8. The monoisotopic (exact) mass is 333 g/mol. The van der Waals surface area contributed by atoms with Crippen molar-refractivity contribution in [1.82, 2.24) is 4.90 Å². The largest absolute Gasteiger partial charge is 0.482 e. The number of amides is 1. The third-order valence-corrected chi connectivity index (χ3v) is 4.66. The van der Waals surface area contributed by atoms with E-state index < -0.39 is 5.97 Å². The van der Waals surface area contributed by atoms with Crippen molar-refractivity contribution in [1.29, 1.82) is 0 Å². The van der Waals surface area contributed by atoms with Gasteiger partial charge in [-0.05, 0) is 30.0 Å². The molecule has 2 rings (SSSR count). The summed E-state index contributed by atoms with van der Waals surface area (Å²) in [7, 11) is 1.84. The van der Waals surface area contributed by atoms with Crippen molar-refractivity contribution >= 4 is 11.9 Å². The van der Waals surface area contributed by atoms with E-state index >= 15 is 0 Å². The molecule has 1 unspecified atom stereocenters. The summed E-state index contributed by atoms with van der Waals surface area (Å²) in [6.45, 7) is 2.23. The lowest BCUT2D eigenvalue weighted by atomic mass is 9.93. The molecule has 1 N–H and O–H groups in total. The van der Waals surface area contributed by atoms with Gasteiger partial charge in [-0.2, -0.15) is 0 Å². The van der Waals surface area contributed by atoms with Crippen molar-refractivity contribution in [3.05, 3.63) is 29.8 Å². The molecule has 5 heteroatoms. The molecule has 1 aromatic rings. The molecule has 24 heavy (non-hydrogen) atoms. The van der Waals surface area contributed by atoms with Crippen LogP contribution >= 0.6 is 0 Å². The lowest BCUT2D eigenvalue weighted by Gasteiger charge is -2.23. The number of nitrogens with zero attached hydrogens (tertiary/aromatic N) is 1. The van der Waals surface area contributed by atoms with E-state index in [4.69, 9.17) is 9.84 Å². The van der Waals surface area contributed by atoms with Crippen LogP contribution in [0.5, 0.6) is 5.75 Å². The van der Waals surface area contributed by atoms with E-state index in [1.54, 1.807) is 17.0 Å². The van der Waals surface area contributed by atoms with Gasteiger partial charge in [-0.1, -0.05) is 44.7 Å². The van der Waals surface area contributed by atoms with E-state index in [0.29, 0.717) is 18.2 Å². The van der Waals surface area contributed by atoms with Crippen molar-refractivity contribution in [2.24, 2.45) is 11.8 Å². The Balaban J connectivity index is 1.82. The third kappa shape index (κ3) is 5.55. The van der Waals surface area contributed by atoms with Crippen LogP contribution in [0.2, 0.25) is 0 Å². The molecule has 1 aromatic carbocycles. The number of carboxylic acids is 1. The number of hydrogen-bond acceptors (Lipinski definition) is 3. The molecule has 132 valence electrons. The Kier molecular flexibility index (Phi) is 6.64. The minimum absolute atomic E-state index is 0.0660. The van der Waals surface area contributed by atoms with Gasteiger partial charge in [-0.3, -0.25) is 4.79 Å². The molecule has 1 fully saturated rings. The topological polar surface area (TPSA) is 66.8 Å². The lowest BCUT2D eigenvalue weighted by molar-refractivity contribution is -0.139. The fourth-order valence-electron chi connectivity index (χ4n) is 3.41. The van der Waals surface area contributed by atoms with Crippen molar-refractivity contribution in [2.75, 3.05) is 13.7 Å². The number of ether oxygens (including phenoxy) is 1. The molecule has 1 aliphatic carbocycles. The van der Waals surface area contributed by atoms with Gasteiger partial charge in [0.1, 0.15) is 5.75 Å². The number of carbonyl (C=O) groups excluding carboxylic acids is 1. The second kappa shape index (κ2) is 8.71. The molecule has 0 aliphatic heterocycles. The van der Waals surface area contributed by atoms with Gasteiger partial charge in [0, 0.05) is 19.5 Å². The molecule has 0 saturated heterocycles. The third-order valence-electron chi connectivity index (χ3n) is 4.66. The second-order valence-corrected chi connectivity index (χ2v) is 6.81.